The number of anilines is 1. The number of carbonyl (C=O) groups is 1. The van der Waals surface area contributed by atoms with Crippen molar-refractivity contribution < 1.29 is 18.0 Å². The van der Waals surface area contributed by atoms with Gasteiger partial charge in [0.2, 0.25) is 5.91 Å². The van der Waals surface area contributed by atoms with Gasteiger partial charge in [-0.1, -0.05) is 11.6 Å². The van der Waals surface area contributed by atoms with Crippen LogP contribution in [0.3, 0.4) is 0 Å². The maximum Gasteiger partial charge on any atom is 0.389 e. The minimum absolute atomic E-state index is 0.00668. The summed E-state index contributed by atoms with van der Waals surface area (Å²) in [6.45, 7) is 2.17. The lowest BCUT2D eigenvalue weighted by Gasteiger charge is -2.19. The summed E-state index contributed by atoms with van der Waals surface area (Å²) >= 11 is 7.35. The lowest BCUT2D eigenvalue weighted by Crippen LogP contribution is -2.32. The van der Waals surface area contributed by atoms with Gasteiger partial charge in [-0.25, -0.2) is 4.68 Å². The van der Waals surface area contributed by atoms with E-state index >= 15 is 0 Å². The van der Waals surface area contributed by atoms with E-state index in [1.165, 1.54) is 21.3 Å². The quantitative estimate of drug-likeness (QED) is 0.611. The van der Waals surface area contributed by atoms with Crippen molar-refractivity contribution in [3.8, 4) is 5.69 Å². The van der Waals surface area contributed by atoms with Crippen molar-refractivity contribution in [1.29, 1.82) is 0 Å². The molecular formula is C16H18ClF3N4OS. The fourth-order valence-electron chi connectivity index (χ4n) is 2.24. The van der Waals surface area contributed by atoms with Gasteiger partial charge in [0.25, 0.3) is 0 Å². The first-order chi connectivity index (χ1) is 12.3. The third-order valence-corrected chi connectivity index (χ3v) is 4.74. The largest absolute Gasteiger partial charge is 0.389 e. The van der Waals surface area contributed by atoms with Crippen molar-refractivity contribution in [3.63, 3.8) is 0 Å². The summed E-state index contributed by atoms with van der Waals surface area (Å²) in [6.07, 6.45) is -0.124. The van der Waals surface area contributed by atoms with Gasteiger partial charge in [0.05, 0.1) is 23.8 Å². The van der Waals surface area contributed by atoms with Crippen LogP contribution in [0.4, 0.5) is 18.9 Å². The summed E-state index contributed by atoms with van der Waals surface area (Å²) in [7, 11) is 0. The molecule has 0 aliphatic carbocycles. The highest BCUT2D eigenvalue weighted by Gasteiger charge is 2.26. The van der Waals surface area contributed by atoms with E-state index in [-0.39, 0.29) is 29.0 Å². The molecule has 5 nitrogen and oxygen atoms in total. The van der Waals surface area contributed by atoms with Crippen molar-refractivity contribution in [2.75, 3.05) is 23.0 Å². The number of nitrogens with zero attached hydrogens (tertiary/aromatic N) is 4. The standard InChI is InChI=1S/C16H18ClF3N4OS/c1-2-23(14(25)11-26-8-4-6-16(18,19)20)13-10-24(22-15(13)17)12-5-3-7-21-9-12/h3,5,7,9-10H,2,4,6,8,11H2,1H3. The zero-order valence-corrected chi connectivity index (χ0v) is 15.6. The monoisotopic (exact) mass is 406 g/mol. The van der Waals surface area contributed by atoms with Crippen LogP contribution in [0, 0.1) is 0 Å². The van der Waals surface area contributed by atoms with E-state index in [2.05, 4.69) is 10.1 Å². The van der Waals surface area contributed by atoms with Gasteiger partial charge in [0, 0.05) is 19.2 Å². The number of alkyl halides is 3. The van der Waals surface area contributed by atoms with Crippen molar-refractivity contribution in [2.45, 2.75) is 25.9 Å². The summed E-state index contributed by atoms with van der Waals surface area (Å²) in [5.74, 6) is 0.128. The molecule has 0 fully saturated rings. The molecule has 2 aromatic heterocycles. The summed E-state index contributed by atoms with van der Waals surface area (Å²) in [6, 6.07) is 3.56. The van der Waals surface area contributed by atoms with Gasteiger partial charge in [-0.15, -0.1) is 0 Å². The number of hydrogen-bond donors (Lipinski definition) is 0. The summed E-state index contributed by atoms with van der Waals surface area (Å²) < 4.78 is 37.9. The molecule has 0 aliphatic heterocycles. The second kappa shape index (κ2) is 9.27. The number of thioether (sulfide) groups is 1. The smallest absolute Gasteiger partial charge is 0.308 e. The van der Waals surface area contributed by atoms with E-state index in [1.807, 2.05) is 0 Å². The highest BCUT2D eigenvalue weighted by atomic mass is 35.5. The second-order valence-corrected chi connectivity index (χ2v) is 6.83. The van der Waals surface area contributed by atoms with Gasteiger partial charge in [0.15, 0.2) is 5.15 Å². The number of carbonyl (C=O) groups excluding carboxylic acids is 1. The molecular weight excluding hydrogens is 389 g/mol. The summed E-state index contributed by atoms with van der Waals surface area (Å²) in [4.78, 5) is 17.9. The van der Waals surface area contributed by atoms with Crippen LogP contribution in [-0.4, -0.2) is 44.9 Å². The second-order valence-electron chi connectivity index (χ2n) is 5.37. The zero-order chi connectivity index (χ0) is 19.2. The number of halogens is 4. The molecule has 0 aromatic carbocycles. The highest BCUT2D eigenvalue weighted by Crippen LogP contribution is 2.27. The van der Waals surface area contributed by atoms with Crippen LogP contribution < -0.4 is 4.90 Å². The minimum atomic E-state index is -4.16. The number of rotatable bonds is 8. The lowest BCUT2D eigenvalue weighted by atomic mass is 10.3. The third-order valence-electron chi connectivity index (χ3n) is 3.44. The van der Waals surface area contributed by atoms with Crippen molar-refractivity contribution in [1.82, 2.24) is 14.8 Å². The van der Waals surface area contributed by atoms with Crippen molar-refractivity contribution >= 4 is 35.0 Å². The highest BCUT2D eigenvalue weighted by molar-refractivity contribution is 7.99. The average molecular weight is 407 g/mol. The predicted octanol–water partition coefficient (Wildman–Crippen LogP) is 4.35. The number of hydrogen-bond acceptors (Lipinski definition) is 4. The first-order valence-corrected chi connectivity index (χ1v) is 9.45. The first-order valence-electron chi connectivity index (χ1n) is 7.92. The first kappa shape index (κ1) is 20.6. The van der Waals surface area contributed by atoms with Crippen LogP contribution >= 0.6 is 23.4 Å². The van der Waals surface area contributed by atoms with Crippen LogP contribution in [0.5, 0.6) is 0 Å². The molecule has 0 saturated carbocycles. The van der Waals surface area contributed by atoms with E-state index in [4.69, 9.17) is 11.6 Å². The number of aromatic nitrogens is 3. The predicted molar refractivity (Wildman–Crippen MR) is 97.0 cm³/mol. The van der Waals surface area contributed by atoms with E-state index < -0.39 is 12.6 Å². The van der Waals surface area contributed by atoms with E-state index in [9.17, 15) is 18.0 Å². The molecule has 0 unspecified atom stereocenters. The van der Waals surface area contributed by atoms with Gasteiger partial charge in [0.1, 0.15) is 5.69 Å². The Balaban J connectivity index is 1.97. The molecule has 2 aromatic rings. The number of pyridine rings is 1. The summed E-state index contributed by atoms with van der Waals surface area (Å²) in [5.41, 5.74) is 1.16. The molecule has 142 valence electrons. The molecule has 1 amide bonds. The van der Waals surface area contributed by atoms with Gasteiger partial charge in [-0.3, -0.25) is 9.78 Å². The molecule has 0 saturated heterocycles. The molecule has 0 atom stereocenters. The Morgan fingerprint density at radius 1 is 1.42 bits per heavy atom. The van der Waals surface area contributed by atoms with Crippen molar-refractivity contribution in [3.05, 3.63) is 35.9 Å². The minimum Gasteiger partial charge on any atom is -0.308 e. The normalized spacial score (nSPS) is 11.6. The molecule has 10 heteroatoms. The van der Waals surface area contributed by atoms with Crippen LogP contribution in [0.25, 0.3) is 5.69 Å². The maximum atomic E-state index is 12.4. The van der Waals surface area contributed by atoms with Gasteiger partial charge >= 0.3 is 6.18 Å². The van der Waals surface area contributed by atoms with Gasteiger partial charge < -0.3 is 4.90 Å². The SMILES string of the molecule is CCN(C(=O)CSCCCC(F)(F)F)c1cn(-c2cccnc2)nc1Cl. The Morgan fingerprint density at radius 2 is 2.19 bits per heavy atom. The fourth-order valence-corrected chi connectivity index (χ4v) is 3.29. The Morgan fingerprint density at radius 3 is 2.81 bits per heavy atom. The molecule has 0 bridgehead atoms. The van der Waals surface area contributed by atoms with E-state index in [0.717, 1.165) is 0 Å². The van der Waals surface area contributed by atoms with E-state index in [0.29, 0.717) is 17.9 Å². The maximum absolute atomic E-state index is 12.4. The van der Waals surface area contributed by atoms with Gasteiger partial charge in [-0.05, 0) is 31.2 Å². The molecule has 0 spiro atoms. The van der Waals surface area contributed by atoms with Crippen molar-refractivity contribution in [2.24, 2.45) is 0 Å². The number of amides is 1. The van der Waals surface area contributed by atoms with E-state index in [1.54, 1.807) is 37.6 Å². The Labute approximate surface area is 158 Å². The fraction of sp³-hybridized carbons (Fsp3) is 0.438. The average Bonchev–Trinajstić information content (AvgIpc) is 2.97. The Bertz CT molecular complexity index is 724. The Hall–Kier alpha value is -1.74. The van der Waals surface area contributed by atoms with Crippen LogP contribution in [0.2, 0.25) is 5.15 Å². The lowest BCUT2D eigenvalue weighted by molar-refractivity contribution is -0.134. The summed E-state index contributed by atoms with van der Waals surface area (Å²) in [5, 5.41) is 4.36. The van der Waals surface area contributed by atoms with Crippen LogP contribution in [0.15, 0.2) is 30.7 Å². The molecule has 2 rings (SSSR count). The van der Waals surface area contributed by atoms with Crippen LogP contribution in [-0.2, 0) is 4.79 Å². The molecule has 0 N–H and O–H groups in total. The Kier molecular flexibility index (Phi) is 7.33. The molecule has 26 heavy (non-hydrogen) atoms. The zero-order valence-electron chi connectivity index (χ0n) is 14.0. The van der Waals surface area contributed by atoms with Gasteiger partial charge in [-0.2, -0.15) is 30.0 Å². The molecule has 2 heterocycles. The van der Waals surface area contributed by atoms with Crippen LogP contribution in [0.1, 0.15) is 19.8 Å². The molecule has 0 aliphatic rings. The third kappa shape index (κ3) is 5.91. The topological polar surface area (TPSA) is 51.0 Å². The molecule has 0 radical (unpaired) electrons.